The van der Waals surface area contributed by atoms with Crippen molar-refractivity contribution in [3.63, 3.8) is 0 Å². The van der Waals surface area contributed by atoms with Gasteiger partial charge in [-0.05, 0) is 36.1 Å². The fourth-order valence-corrected chi connectivity index (χ4v) is 8.24. The van der Waals surface area contributed by atoms with E-state index in [4.69, 9.17) is 0 Å². The lowest BCUT2D eigenvalue weighted by Gasteiger charge is -2.46. The monoisotopic (exact) mass is 545 g/mol. The summed E-state index contributed by atoms with van der Waals surface area (Å²) in [5.74, 6) is 0.281. The number of hydrogen-bond acceptors (Lipinski definition) is 10. The summed E-state index contributed by atoms with van der Waals surface area (Å²) in [6, 6.07) is -0.0131. The number of carbonyl (C=O) groups excluding carboxylic acids is 3. The van der Waals surface area contributed by atoms with Crippen molar-refractivity contribution in [3.05, 3.63) is 17.4 Å². The maximum absolute atomic E-state index is 13.2. The van der Waals surface area contributed by atoms with Gasteiger partial charge in [0.2, 0.25) is 17.7 Å². The SMILES string of the molecule is C[C@@H](NC(=O)Cn1cnnn1)[C@H]1C(=O)N2C=C(S[C@@H]3CN[C@H](C(=O)N4CC5CC(CO)NC5C4)C3)[C@H](C)[C@H]12. The van der Waals surface area contributed by atoms with Crippen molar-refractivity contribution in [2.45, 2.75) is 68.7 Å². The molecule has 5 aliphatic rings. The predicted octanol–water partition coefficient (Wildman–Crippen LogP) is -1.86. The molecule has 13 nitrogen and oxygen atoms in total. The van der Waals surface area contributed by atoms with Crippen molar-refractivity contribution >= 4 is 29.5 Å². The average molecular weight is 546 g/mol. The Labute approximate surface area is 225 Å². The molecule has 0 aromatic carbocycles. The summed E-state index contributed by atoms with van der Waals surface area (Å²) >= 11 is 1.77. The maximum atomic E-state index is 13.2. The van der Waals surface area contributed by atoms with E-state index >= 15 is 0 Å². The Hall–Kier alpha value is -2.55. The van der Waals surface area contributed by atoms with Crippen LogP contribution in [0.1, 0.15) is 26.7 Å². The van der Waals surface area contributed by atoms with Crippen molar-refractivity contribution in [2.75, 3.05) is 26.2 Å². The molecule has 206 valence electrons. The van der Waals surface area contributed by atoms with Gasteiger partial charge >= 0.3 is 0 Å². The fourth-order valence-electron chi connectivity index (χ4n) is 6.85. The maximum Gasteiger partial charge on any atom is 0.242 e. The Bertz CT molecular complexity index is 1100. The second kappa shape index (κ2) is 10.2. The van der Waals surface area contributed by atoms with E-state index in [1.54, 1.807) is 11.8 Å². The van der Waals surface area contributed by atoms with Gasteiger partial charge in [-0.3, -0.25) is 14.4 Å². The standard InChI is InChI=1S/C24H35N9O4S/c1-12-19(8-33-22(12)21(24(33)37)13(2)27-20(35)9-32-11-26-29-30-32)38-16-4-17(25-5-16)23(36)31-6-14-3-15(10-34)28-18(14)7-31/h8,11-18,21-22,25,28,34H,3-7,9-10H2,1-2H3,(H,27,35)/t12-,13+,14?,15?,16-,17-,18?,21+,22+/m0/s1. The molecular formula is C24H35N9O4S. The molecule has 3 amide bonds. The van der Waals surface area contributed by atoms with Gasteiger partial charge in [0, 0.05) is 60.0 Å². The highest BCUT2D eigenvalue weighted by atomic mass is 32.2. The lowest BCUT2D eigenvalue weighted by Crippen LogP contribution is -2.64. The van der Waals surface area contributed by atoms with Crippen molar-refractivity contribution in [2.24, 2.45) is 17.8 Å². The molecule has 9 atom stereocenters. The van der Waals surface area contributed by atoms with Crippen molar-refractivity contribution in [3.8, 4) is 0 Å². The Morgan fingerprint density at radius 3 is 2.89 bits per heavy atom. The summed E-state index contributed by atoms with van der Waals surface area (Å²) in [5, 5.41) is 30.2. The number of tetrazole rings is 1. The smallest absolute Gasteiger partial charge is 0.242 e. The number of β-lactam (4-membered cyclic amide) rings is 1. The first-order valence-electron chi connectivity index (χ1n) is 13.4. The van der Waals surface area contributed by atoms with Crippen LogP contribution in [0.25, 0.3) is 0 Å². The summed E-state index contributed by atoms with van der Waals surface area (Å²) in [5.41, 5.74) is 0. The normalized spacial score (nSPS) is 36.6. The Morgan fingerprint density at radius 2 is 2.16 bits per heavy atom. The quantitative estimate of drug-likeness (QED) is 0.273. The number of fused-ring (bicyclic) bond motifs is 2. The van der Waals surface area contributed by atoms with Crippen LogP contribution in [0.3, 0.4) is 0 Å². The van der Waals surface area contributed by atoms with Crippen LogP contribution in [-0.2, 0) is 20.9 Å². The van der Waals surface area contributed by atoms with Crippen LogP contribution in [0.2, 0.25) is 0 Å². The highest BCUT2D eigenvalue weighted by molar-refractivity contribution is 8.03. The molecule has 0 bridgehead atoms. The van der Waals surface area contributed by atoms with Gasteiger partial charge in [0.1, 0.15) is 12.9 Å². The first kappa shape index (κ1) is 25.7. The van der Waals surface area contributed by atoms with E-state index in [1.165, 1.54) is 11.0 Å². The van der Waals surface area contributed by atoms with Gasteiger partial charge in [0.05, 0.1) is 24.6 Å². The second-order valence-electron chi connectivity index (χ2n) is 11.3. The lowest BCUT2D eigenvalue weighted by molar-refractivity contribution is -0.153. The minimum absolute atomic E-state index is 0.00847. The summed E-state index contributed by atoms with van der Waals surface area (Å²) in [4.78, 5) is 43.5. The van der Waals surface area contributed by atoms with E-state index in [9.17, 15) is 19.5 Å². The van der Waals surface area contributed by atoms with Gasteiger partial charge in [-0.1, -0.05) is 6.92 Å². The molecule has 6 rings (SSSR count). The molecule has 4 fully saturated rings. The van der Waals surface area contributed by atoms with E-state index in [0.29, 0.717) is 12.5 Å². The number of aromatic nitrogens is 4. The molecule has 0 radical (unpaired) electrons. The number of aliphatic hydroxyl groups is 1. The minimum atomic E-state index is -0.301. The third kappa shape index (κ3) is 4.61. The largest absolute Gasteiger partial charge is 0.395 e. The second-order valence-corrected chi connectivity index (χ2v) is 12.6. The van der Waals surface area contributed by atoms with E-state index in [0.717, 1.165) is 30.8 Å². The summed E-state index contributed by atoms with van der Waals surface area (Å²) in [7, 11) is 0. The number of likely N-dealkylation sites (tertiary alicyclic amines) is 1. The molecule has 38 heavy (non-hydrogen) atoms. The van der Waals surface area contributed by atoms with Crippen LogP contribution >= 0.6 is 11.8 Å². The fraction of sp³-hybridized carbons (Fsp3) is 0.750. The molecule has 14 heteroatoms. The Balaban J connectivity index is 0.991. The number of rotatable bonds is 8. The van der Waals surface area contributed by atoms with Gasteiger partial charge in [0.15, 0.2) is 0 Å². The zero-order valence-electron chi connectivity index (χ0n) is 21.6. The van der Waals surface area contributed by atoms with Crippen molar-refractivity contribution in [1.29, 1.82) is 0 Å². The van der Waals surface area contributed by atoms with Crippen LogP contribution in [-0.4, -0.2) is 115 Å². The molecule has 5 aliphatic heterocycles. The molecule has 0 aliphatic carbocycles. The van der Waals surface area contributed by atoms with Crippen LogP contribution in [0.5, 0.6) is 0 Å². The number of hydrogen-bond donors (Lipinski definition) is 4. The molecule has 4 saturated heterocycles. The number of thioether (sulfide) groups is 1. The summed E-state index contributed by atoms with van der Waals surface area (Å²) < 4.78 is 1.35. The van der Waals surface area contributed by atoms with E-state index in [2.05, 4.69) is 38.4 Å². The van der Waals surface area contributed by atoms with Gasteiger partial charge in [-0.25, -0.2) is 4.68 Å². The van der Waals surface area contributed by atoms with Gasteiger partial charge in [-0.2, -0.15) is 0 Å². The number of nitrogens with zero attached hydrogens (tertiary/aromatic N) is 6. The third-order valence-electron chi connectivity index (χ3n) is 8.78. The zero-order valence-corrected chi connectivity index (χ0v) is 22.4. The topological polar surface area (TPSA) is 158 Å². The average Bonchev–Trinajstić information content (AvgIpc) is 3.69. The number of nitrogens with one attached hydrogen (secondary N) is 3. The first-order chi connectivity index (χ1) is 18.3. The van der Waals surface area contributed by atoms with Crippen molar-refractivity contribution < 1.29 is 19.5 Å². The Kier molecular flexibility index (Phi) is 6.91. The molecule has 0 saturated carbocycles. The van der Waals surface area contributed by atoms with Crippen LogP contribution in [0.15, 0.2) is 17.4 Å². The molecule has 1 aromatic heterocycles. The minimum Gasteiger partial charge on any atom is -0.395 e. The molecule has 4 N–H and O–H groups in total. The first-order valence-corrected chi connectivity index (χ1v) is 14.3. The molecule has 3 unspecified atom stereocenters. The highest BCUT2D eigenvalue weighted by Crippen LogP contribution is 2.48. The molecule has 0 spiro atoms. The summed E-state index contributed by atoms with van der Waals surface area (Å²) in [6.45, 7) is 6.39. The lowest BCUT2D eigenvalue weighted by atomic mass is 9.78. The number of amides is 3. The van der Waals surface area contributed by atoms with Gasteiger partial charge in [0.25, 0.3) is 0 Å². The van der Waals surface area contributed by atoms with Crippen LogP contribution < -0.4 is 16.0 Å². The molecule has 6 heterocycles. The summed E-state index contributed by atoms with van der Waals surface area (Å²) in [6.07, 6.45) is 5.03. The highest BCUT2D eigenvalue weighted by Gasteiger charge is 2.56. The van der Waals surface area contributed by atoms with E-state index in [1.807, 2.05) is 22.9 Å². The van der Waals surface area contributed by atoms with Crippen LogP contribution in [0, 0.1) is 17.8 Å². The van der Waals surface area contributed by atoms with E-state index < -0.39 is 0 Å². The van der Waals surface area contributed by atoms with E-state index in [-0.39, 0.29) is 78.2 Å². The van der Waals surface area contributed by atoms with Gasteiger partial charge < -0.3 is 30.9 Å². The Morgan fingerprint density at radius 1 is 1.32 bits per heavy atom. The predicted molar refractivity (Wildman–Crippen MR) is 137 cm³/mol. The molecule has 1 aromatic rings. The number of carbonyl (C=O) groups is 3. The zero-order chi connectivity index (χ0) is 26.6. The van der Waals surface area contributed by atoms with Gasteiger partial charge in [-0.15, -0.1) is 16.9 Å². The number of aliphatic hydroxyl groups excluding tert-OH is 1. The molecular weight excluding hydrogens is 510 g/mol. The van der Waals surface area contributed by atoms with Crippen molar-refractivity contribution in [1.82, 2.24) is 46.0 Å². The third-order valence-corrected chi connectivity index (χ3v) is 10.2. The van der Waals surface area contributed by atoms with Crippen LogP contribution in [0.4, 0.5) is 0 Å².